The first-order chi connectivity index (χ1) is 11.0. The van der Waals surface area contributed by atoms with Crippen LogP contribution in [0.15, 0.2) is 36.8 Å². The molecule has 120 valence electrons. The molecule has 1 atom stereocenters. The summed E-state index contributed by atoms with van der Waals surface area (Å²) >= 11 is 0. The predicted molar refractivity (Wildman–Crippen MR) is 90.4 cm³/mol. The SMILES string of the molecule is Cc1ccnc(CC(C)N(C)C(=O)/C=C/c2cnc(N)nc2)c1. The van der Waals surface area contributed by atoms with Crippen LogP contribution < -0.4 is 5.73 Å². The van der Waals surface area contributed by atoms with E-state index in [1.165, 1.54) is 11.6 Å². The number of nitrogen functional groups attached to an aromatic ring is 1. The van der Waals surface area contributed by atoms with Gasteiger partial charge in [0.25, 0.3) is 0 Å². The lowest BCUT2D eigenvalue weighted by atomic mass is 10.1. The molecule has 0 bridgehead atoms. The number of aromatic nitrogens is 3. The highest BCUT2D eigenvalue weighted by atomic mass is 16.2. The monoisotopic (exact) mass is 311 g/mol. The number of nitrogens with zero attached hydrogens (tertiary/aromatic N) is 4. The number of aryl methyl sites for hydroxylation is 1. The molecule has 0 spiro atoms. The van der Waals surface area contributed by atoms with Crippen molar-refractivity contribution >= 4 is 17.9 Å². The Morgan fingerprint density at radius 1 is 1.35 bits per heavy atom. The second-order valence-electron chi connectivity index (χ2n) is 5.53. The topological polar surface area (TPSA) is 85.0 Å². The van der Waals surface area contributed by atoms with Gasteiger partial charge in [0.05, 0.1) is 0 Å². The van der Waals surface area contributed by atoms with E-state index in [4.69, 9.17) is 5.73 Å². The van der Waals surface area contributed by atoms with Crippen LogP contribution in [0.1, 0.15) is 23.7 Å². The van der Waals surface area contributed by atoms with Crippen molar-refractivity contribution in [1.29, 1.82) is 0 Å². The average Bonchev–Trinajstić information content (AvgIpc) is 2.53. The molecule has 0 aliphatic heterocycles. The molecule has 2 aromatic rings. The molecule has 2 heterocycles. The molecular formula is C17H21N5O. The van der Waals surface area contributed by atoms with E-state index in [1.54, 1.807) is 36.6 Å². The molecule has 0 aromatic carbocycles. The second-order valence-corrected chi connectivity index (χ2v) is 5.53. The Labute approximate surface area is 136 Å². The molecule has 6 heteroatoms. The first-order valence-corrected chi connectivity index (χ1v) is 7.39. The number of hydrogen-bond acceptors (Lipinski definition) is 5. The fraction of sp³-hybridized carbons (Fsp3) is 0.294. The molecule has 2 rings (SSSR count). The van der Waals surface area contributed by atoms with Crippen LogP contribution in [0.5, 0.6) is 0 Å². The molecule has 0 radical (unpaired) electrons. The van der Waals surface area contributed by atoms with Gasteiger partial charge in [-0.2, -0.15) is 0 Å². The molecule has 2 aromatic heterocycles. The van der Waals surface area contributed by atoms with Crippen LogP contribution in [0.4, 0.5) is 5.95 Å². The zero-order chi connectivity index (χ0) is 16.8. The first kappa shape index (κ1) is 16.6. The lowest BCUT2D eigenvalue weighted by Gasteiger charge is -2.23. The summed E-state index contributed by atoms with van der Waals surface area (Å²) in [6.45, 7) is 4.03. The summed E-state index contributed by atoms with van der Waals surface area (Å²) in [5.41, 5.74) is 8.30. The fourth-order valence-corrected chi connectivity index (χ4v) is 2.09. The largest absolute Gasteiger partial charge is 0.368 e. The number of nitrogens with two attached hydrogens (primary N) is 1. The Hall–Kier alpha value is -2.76. The van der Waals surface area contributed by atoms with Crippen molar-refractivity contribution in [2.75, 3.05) is 12.8 Å². The van der Waals surface area contributed by atoms with Gasteiger partial charge in [-0.25, -0.2) is 9.97 Å². The maximum absolute atomic E-state index is 12.2. The molecule has 0 aliphatic carbocycles. The maximum Gasteiger partial charge on any atom is 0.246 e. The molecule has 2 N–H and O–H groups in total. The number of rotatable bonds is 5. The third-order valence-electron chi connectivity index (χ3n) is 3.60. The Kier molecular flexibility index (Phi) is 5.41. The summed E-state index contributed by atoms with van der Waals surface area (Å²) in [4.78, 5) is 26.0. The van der Waals surface area contributed by atoms with E-state index in [1.807, 2.05) is 26.0 Å². The highest BCUT2D eigenvalue weighted by Gasteiger charge is 2.14. The quantitative estimate of drug-likeness (QED) is 0.852. The fourth-order valence-electron chi connectivity index (χ4n) is 2.09. The van der Waals surface area contributed by atoms with Gasteiger partial charge in [0.1, 0.15) is 0 Å². The van der Waals surface area contributed by atoms with Crippen molar-refractivity contribution < 1.29 is 4.79 Å². The number of anilines is 1. The van der Waals surface area contributed by atoms with Crippen LogP contribution in [-0.4, -0.2) is 38.8 Å². The predicted octanol–water partition coefficient (Wildman–Crippen LogP) is 1.87. The van der Waals surface area contributed by atoms with E-state index in [-0.39, 0.29) is 17.9 Å². The van der Waals surface area contributed by atoms with Crippen molar-refractivity contribution in [2.45, 2.75) is 26.3 Å². The molecule has 0 fully saturated rings. The summed E-state index contributed by atoms with van der Waals surface area (Å²) in [6, 6.07) is 4.04. The third-order valence-corrected chi connectivity index (χ3v) is 3.60. The zero-order valence-electron chi connectivity index (χ0n) is 13.6. The van der Waals surface area contributed by atoms with Gasteiger partial charge in [-0.3, -0.25) is 9.78 Å². The molecule has 1 unspecified atom stereocenters. The lowest BCUT2D eigenvalue weighted by molar-refractivity contribution is -0.126. The Morgan fingerprint density at radius 2 is 2.04 bits per heavy atom. The molecule has 0 aliphatic rings. The molecule has 23 heavy (non-hydrogen) atoms. The molecule has 6 nitrogen and oxygen atoms in total. The van der Waals surface area contributed by atoms with Gasteiger partial charge in [-0.15, -0.1) is 0 Å². The Bertz CT molecular complexity index is 696. The molecule has 1 amide bonds. The summed E-state index contributed by atoms with van der Waals surface area (Å²) in [5, 5.41) is 0. The number of hydrogen-bond donors (Lipinski definition) is 1. The van der Waals surface area contributed by atoms with Crippen LogP contribution >= 0.6 is 0 Å². The van der Waals surface area contributed by atoms with Crippen molar-refractivity contribution in [1.82, 2.24) is 19.9 Å². The standard InChI is InChI=1S/C17H21N5O/c1-12-6-7-19-15(8-12)9-13(2)22(3)16(23)5-4-14-10-20-17(18)21-11-14/h4-8,10-11,13H,9H2,1-3H3,(H2,18,20,21)/b5-4+. The number of pyridine rings is 1. The normalized spacial score (nSPS) is 12.3. The summed E-state index contributed by atoms with van der Waals surface area (Å²) in [6.07, 6.45) is 8.84. The van der Waals surface area contributed by atoms with Crippen LogP contribution in [0.3, 0.4) is 0 Å². The third kappa shape index (κ3) is 4.88. The van der Waals surface area contributed by atoms with E-state index in [2.05, 4.69) is 15.0 Å². The minimum Gasteiger partial charge on any atom is -0.368 e. The Morgan fingerprint density at radius 3 is 2.70 bits per heavy atom. The number of carbonyl (C=O) groups is 1. The minimum absolute atomic E-state index is 0.0455. The number of likely N-dealkylation sites (N-methyl/N-ethyl adjacent to an activating group) is 1. The van der Waals surface area contributed by atoms with Crippen molar-refractivity contribution in [3.63, 3.8) is 0 Å². The van der Waals surface area contributed by atoms with E-state index in [9.17, 15) is 4.79 Å². The Balaban J connectivity index is 1.96. The second kappa shape index (κ2) is 7.49. The maximum atomic E-state index is 12.2. The van der Waals surface area contributed by atoms with Crippen LogP contribution in [0.2, 0.25) is 0 Å². The van der Waals surface area contributed by atoms with E-state index >= 15 is 0 Å². The van der Waals surface area contributed by atoms with Crippen molar-refractivity contribution in [3.8, 4) is 0 Å². The van der Waals surface area contributed by atoms with Gasteiger partial charge in [0.2, 0.25) is 11.9 Å². The molecule has 0 saturated carbocycles. The van der Waals surface area contributed by atoms with Gasteiger partial charge in [0, 0.05) is 55.4 Å². The van der Waals surface area contributed by atoms with E-state index < -0.39 is 0 Å². The highest BCUT2D eigenvalue weighted by molar-refractivity contribution is 5.91. The van der Waals surface area contributed by atoms with E-state index in [0.29, 0.717) is 6.42 Å². The lowest BCUT2D eigenvalue weighted by Crippen LogP contribution is -2.35. The van der Waals surface area contributed by atoms with Crippen molar-refractivity contribution in [3.05, 3.63) is 53.6 Å². The number of carbonyl (C=O) groups excluding carboxylic acids is 1. The van der Waals surface area contributed by atoms with Crippen LogP contribution in [0.25, 0.3) is 6.08 Å². The van der Waals surface area contributed by atoms with Gasteiger partial charge < -0.3 is 10.6 Å². The van der Waals surface area contributed by atoms with Crippen LogP contribution in [0, 0.1) is 6.92 Å². The zero-order valence-corrected chi connectivity index (χ0v) is 13.6. The average molecular weight is 311 g/mol. The van der Waals surface area contributed by atoms with Gasteiger partial charge >= 0.3 is 0 Å². The minimum atomic E-state index is -0.0815. The van der Waals surface area contributed by atoms with Crippen LogP contribution in [-0.2, 0) is 11.2 Å². The van der Waals surface area contributed by atoms with E-state index in [0.717, 1.165) is 11.3 Å². The highest BCUT2D eigenvalue weighted by Crippen LogP contribution is 2.08. The molecule has 0 saturated heterocycles. The smallest absolute Gasteiger partial charge is 0.246 e. The molecular weight excluding hydrogens is 290 g/mol. The first-order valence-electron chi connectivity index (χ1n) is 7.39. The summed E-state index contributed by atoms with van der Waals surface area (Å²) < 4.78 is 0. The van der Waals surface area contributed by atoms with Gasteiger partial charge in [0.15, 0.2) is 0 Å². The van der Waals surface area contributed by atoms with Gasteiger partial charge in [-0.1, -0.05) is 0 Å². The summed E-state index contributed by atoms with van der Waals surface area (Å²) in [5.74, 6) is 0.131. The van der Waals surface area contributed by atoms with Gasteiger partial charge in [-0.05, 0) is 37.6 Å². The summed E-state index contributed by atoms with van der Waals surface area (Å²) in [7, 11) is 1.78. The van der Waals surface area contributed by atoms with Crippen molar-refractivity contribution in [2.24, 2.45) is 0 Å². The number of amides is 1.